The van der Waals surface area contributed by atoms with Crippen molar-refractivity contribution in [2.45, 2.75) is 25.7 Å². The van der Waals surface area contributed by atoms with Crippen molar-refractivity contribution in [2.24, 2.45) is 5.92 Å². The largest absolute Gasteiger partial charge is 0.320 e. The van der Waals surface area contributed by atoms with Crippen LogP contribution in [0.4, 0.5) is 0 Å². The van der Waals surface area contributed by atoms with Crippen molar-refractivity contribution in [3.63, 3.8) is 0 Å². The molecule has 2 heterocycles. The average molecular weight is 290 g/mol. The van der Waals surface area contributed by atoms with E-state index in [1.165, 1.54) is 72.7 Å². The van der Waals surface area contributed by atoms with Crippen LogP contribution in [0.5, 0.6) is 0 Å². The van der Waals surface area contributed by atoms with Crippen LogP contribution in [0.1, 0.15) is 30.4 Å². The predicted molar refractivity (Wildman–Crippen MR) is 92.7 cm³/mol. The van der Waals surface area contributed by atoms with E-state index in [1.807, 2.05) is 0 Å². The summed E-state index contributed by atoms with van der Waals surface area (Å²) < 4.78 is 1.39. The van der Waals surface area contributed by atoms with Gasteiger partial charge in [-0.1, -0.05) is 36.4 Å². The van der Waals surface area contributed by atoms with Gasteiger partial charge >= 0.3 is 0 Å². The summed E-state index contributed by atoms with van der Waals surface area (Å²) in [5.74, 6) is 0.812. The Kier molecular flexibility index (Phi) is 2.75. The van der Waals surface area contributed by atoms with Gasteiger partial charge in [-0.15, -0.1) is 0 Å². The second-order valence-electron chi connectivity index (χ2n) is 7.67. The first-order chi connectivity index (χ1) is 10.8. The summed E-state index contributed by atoms with van der Waals surface area (Å²) in [4.78, 5) is 0. The molecule has 2 saturated heterocycles. The second-order valence-corrected chi connectivity index (χ2v) is 7.67. The SMILES string of the molecule is C1=C2C[N+]3(CCCCC3)C[C@H]2Cc2ccc3ccccc3c21. The van der Waals surface area contributed by atoms with Crippen LogP contribution in [0, 0.1) is 5.92 Å². The molecule has 1 spiro atoms. The Morgan fingerprint density at radius 2 is 1.77 bits per heavy atom. The molecule has 2 aromatic rings. The Hall–Kier alpha value is -1.60. The molecular formula is C21H24N+. The van der Waals surface area contributed by atoms with Gasteiger partial charge in [0.05, 0.1) is 19.6 Å². The molecule has 0 unspecified atom stereocenters. The van der Waals surface area contributed by atoms with Gasteiger partial charge in [0, 0.05) is 5.92 Å². The van der Waals surface area contributed by atoms with Crippen LogP contribution >= 0.6 is 0 Å². The molecule has 0 saturated carbocycles. The van der Waals surface area contributed by atoms with Crippen LogP contribution in [-0.2, 0) is 6.42 Å². The van der Waals surface area contributed by atoms with E-state index >= 15 is 0 Å². The van der Waals surface area contributed by atoms with Gasteiger partial charge in [0.1, 0.15) is 6.54 Å². The van der Waals surface area contributed by atoms with E-state index in [9.17, 15) is 0 Å². The second kappa shape index (κ2) is 4.70. The van der Waals surface area contributed by atoms with Gasteiger partial charge in [-0.3, -0.25) is 0 Å². The van der Waals surface area contributed by atoms with Crippen molar-refractivity contribution in [2.75, 3.05) is 26.2 Å². The summed E-state index contributed by atoms with van der Waals surface area (Å²) in [6.45, 7) is 5.57. The molecule has 2 aliphatic heterocycles. The number of rotatable bonds is 0. The number of piperidine rings is 1. The molecule has 0 N–H and O–H groups in total. The average Bonchev–Trinajstić information content (AvgIpc) is 2.89. The quantitative estimate of drug-likeness (QED) is 0.630. The highest BCUT2D eigenvalue weighted by molar-refractivity contribution is 5.93. The monoisotopic (exact) mass is 290 g/mol. The summed E-state index contributed by atoms with van der Waals surface area (Å²) in [5, 5.41) is 2.83. The number of benzene rings is 2. The summed E-state index contributed by atoms with van der Waals surface area (Å²) in [7, 11) is 0. The van der Waals surface area contributed by atoms with Crippen LogP contribution in [-0.4, -0.2) is 30.7 Å². The van der Waals surface area contributed by atoms with E-state index in [2.05, 4.69) is 42.5 Å². The topological polar surface area (TPSA) is 0 Å². The minimum atomic E-state index is 0.812. The molecule has 3 aliphatic rings. The molecule has 1 aliphatic carbocycles. The number of fused-ring (bicyclic) bond motifs is 4. The fourth-order valence-corrected chi connectivity index (χ4v) is 5.19. The van der Waals surface area contributed by atoms with Crippen LogP contribution in [0.2, 0.25) is 0 Å². The standard InChI is InChI=1S/C21H24N/c1-4-10-22(11-5-1)14-18-12-17-9-8-16-6-2-3-7-20(16)21(17)13-19(18)15-22/h2-3,6-9,13,18H,1,4-5,10-12,14-15H2/q+1/t18-/m1/s1. The highest BCUT2D eigenvalue weighted by Gasteiger charge is 2.43. The van der Waals surface area contributed by atoms with Gasteiger partial charge in [0.2, 0.25) is 0 Å². The number of quaternary nitrogens is 1. The first-order valence-electron chi connectivity index (χ1n) is 8.89. The Labute approximate surface area is 132 Å². The lowest BCUT2D eigenvalue weighted by molar-refractivity contribution is -0.920. The summed E-state index contributed by atoms with van der Waals surface area (Å²) in [6.07, 6.45) is 8.17. The lowest BCUT2D eigenvalue weighted by Crippen LogP contribution is -2.49. The lowest BCUT2D eigenvalue weighted by Gasteiger charge is -2.37. The maximum absolute atomic E-state index is 2.56. The van der Waals surface area contributed by atoms with Gasteiger partial charge in [-0.2, -0.15) is 0 Å². The number of hydrogen-bond acceptors (Lipinski definition) is 0. The molecule has 112 valence electrons. The zero-order valence-electron chi connectivity index (χ0n) is 13.2. The molecule has 1 atom stereocenters. The van der Waals surface area contributed by atoms with E-state index in [0.717, 1.165) is 5.92 Å². The highest BCUT2D eigenvalue weighted by Crippen LogP contribution is 2.41. The van der Waals surface area contributed by atoms with Crippen LogP contribution in [0.3, 0.4) is 0 Å². The van der Waals surface area contributed by atoms with E-state index in [0.29, 0.717) is 0 Å². The Bertz CT molecular complexity index is 765. The van der Waals surface area contributed by atoms with Crippen molar-refractivity contribution < 1.29 is 4.48 Å². The molecule has 1 heteroatoms. The van der Waals surface area contributed by atoms with Crippen LogP contribution in [0.15, 0.2) is 42.0 Å². The molecule has 0 radical (unpaired) electrons. The van der Waals surface area contributed by atoms with Crippen molar-refractivity contribution in [1.29, 1.82) is 0 Å². The number of nitrogens with zero attached hydrogens (tertiary/aromatic N) is 1. The predicted octanol–water partition coefficient (Wildman–Crippen LogP) is 4.41. The first-order valence-corrected chi connectivity index (χ1v) is 8.89. The maximum atomic E-state index is 2.56. The molecule has 0 aromatic heterocycles. The van der Waals surface area contributed by atoms with Gasteiger partial charge in [0.25, 0.3) is 0 Å². The zero-order chi connectivity index (χ0) is 14.6. The molecule has 2 fully saturated rings. The van der Waals surface area contributed by atoms with Gasteiger partial charge < -0.3 is 4.48 Å². The minimum Gasteiger partial charge on any atom is -0.320 e. The molecule has 0 amide bonds. The van der Waals surface area contributed by atoms with Crippen molar-refractivity contribution in [1.82, 2.24) is 0 Å². The Morgan fingerprint density at radius 3 is 2.68 bits per heavy atom. The third-order valence-corrected chi connectivity index (χ3v) is 6.27. The van der Waals surface area contributed by atoms with Gasteiger partial charge in [-0.25, -0.2) is 0 Å². The minimum absolute atomic E-state index is 0.812. The normalized spacial score (nSPS) is 25.8. The van der Waals surface area contributed by atoms with E-state index in [-0.39, 0.29) is 0 Å². The van der Waals surface area contributed by atoms with Crippen molar-refractivity contribution >= 4 is 16.8 Å². The lowest BCUT2D eigenvalue weighted by atomic mass is 9.83. The first kappa shape index (κ1) is 12.9. The van der Waals surface area contributed by atoms with Gasteiger partial charge in [0.15, 0.2) is 0 Å². The molecule has 5 rings (SSSR count). The molecule has 22 heavy (non-hydrogen) atoms. The molecule has 0 bridgehead atoms. The van der Waals surface area contributed by atoms with E-state index < -0.39 is 0 Å². The fourth-order valence-electron chi connectivity index (χ4n) is 5.19. The molecule has 2 aromatic carbocycles. The van der Waals surface area contributed by atoms with Crippen molar-refractivity contribution in [3.8, 4) is 0 Å². The van der Waals surface area contributed by atoms with Gasteiger partial charge in [-0.05, 0) is 59.2 Å². The fraction of sp³-hybridized carbons (Fsp3) is 0.429. The summed E-state index contributed by atoms with van der Waals surface area (Å²) in [6, 6.07) is 13.6. The van der Waals surface area contributed by atoms with E-state index in [4.69, 9.17) is 0 Å². The zero-order valence-corrected chi connectivity index (χ0v) is 13.2. The summed E-state index contributed by atoms with van der Waals surface area (Å²) in [5.41, 5.74) is 4.83. The maximum Gasteiger partial charge on any atom is 0.101 e. The third kappa shape index (κ3) is 1.88. The Morgan fingerprint density at radius 1 is 0.909 bits per heavy atom. The molecular weight excluding hydrogens is 266 g/mol. The Balaban J connectivity index is 1.59. The van der Waals surface area contributed by atoms with E-state index in [1.54, 1.807) is 11.1 Å². The van der Waals surface area contributed by atoms with Crippen molar-refractivity contribution in [3.05, 3.63) is 53.1 Å². The smallest absolute Gasteiger partial charge is 0.101 e. The van der Waals surface area contributed by atoms with Crippen LogP contribution in [0.25, 0.3) is 16.8 Å². The third-order valence-electron chi connectivity index (χ3n) is 6.27. The highest BCUT2D eigenvalue weighted by atomic mass is 15.4. The number of hydrogen-bond donors (Lipinski definition) is 0. The van der Waals surface area contributed by atoms with Crippen LogP contribution < -0.4 is 0 Å². The molecule has 1 nitrogen and oxygen atoms in total. The summed E-state index contributed by atoms with van der Waals surface area (Å²) >= 11 is 0.